The normalized spacial score (nSPS) is 10.9. The van der Waals surface area contributed by atoms with E-state index in [1.165, 1.54) is 0 Å². The Labute approximate surface area is 135 Å². The van der Waals surface area contributed by atoms with E-state index >= 15 is 0 Å². The second-order valence-electron chi connectivity index (χ2n) is 5.57. The van der Waals surface area contributed by atoms with Crippen LogP contribution in [0.5, 0.6) is 0 Å². The predicted octanol–water partition coefficient (Wildman–Crippen LogP) is 1.48. The van der Waals surface area contributed by atoms with Crippen LogP contribution in [0.25, 0.3) is 10.9 Å². The van der Waals surface area contributed by atoms with Gasteiger partial charge in [-0.25, -0.2) is 0 Å². The van der Waals surface area contributed by atoms with Crippen LogP contribution in [-0.4, -0.2) is 29.0 Å². The molecule has 0 bridgehead atoms. The number of rotatable bonds is 4. The highest BCUT2D eigenvalue weighted by Gasteiger charge is 2.21. The molecule has 0 saturated heterocycles. The Hall–Kier alpha value is -2.05. The van der Waals surface area contributed by atoms with Crippen molar-refractivity contribution in [2.75, 3.05) is 12.4 Å². The lowest BCUT2D eigenvalue weighted by molar-refractivity contribution is -0.121. The van der Waals surface area contributed by atoms with Gasteiger partial charge in [0.1, 0.15) is 6.54 Å². The van der Waals surface area contributed by atoms with E-state index in [9.17, 15) is 9.59 Å². The molecule has 1 aromatic heterocycles. The maximum atomic E-state index is 11.9. The first-order valence-electron chi connectivity index (χ1n) is 6.71. The van der Waals surface area contributed by atoms with Crippen LogP contribution in [0.1, 0.15) is 13.8 Å². The maximum absolute atomic E-state index is 11.9. The number of aromatic nitrogens is 1. The number of anilines is 1. The van der Waals surface area contributed by atoms with Crippen molar-refractivity contribution in [1.29, 1.82) is 0 Å². The molecule has 0 saturated carbocycles. The van der Waals surface area contributed by atoms with Crippen LogP contribution >= 0.6 is 12.4 Å². The minimum Gasteiger partial charge on any atom is -0.358 e. The molecular formula is C15H21ClN4O2. The highest BCUT2D eigenvalue weighted by molar-refractivity contribution is 5.99. The molecule has 0 spiro atoms. The van der Waals surface area contributed by atoms with Gasteiger partial charge >= 0.3 is 0 Å². The number of fused-ring (bicyclic) bond motifs is 1. The Bertz CT molecular complexity index is 688. The number of benzene rings is 1. The van der Waals surface area contributed by atoms with Crippen molar-refractivity contribution < 1.29 is 9.59 Å². The van der Waals surface area contributed by atoms with Crippen molar-refractivity contribution in [2.24, 2.45) is 5.73 Å². The van der Waals surface area contributed by atoms with Gasteiger partial charge < -0.3 is 20.9 Å². The highest BCUT2D eigenvalue weighted by atomic mass is 35.5. The van der Waals surface area contributed by atoms with Gasteiger partial charge in [-0.1, -0.05) is 6.07 Å². The van der Waals surface area contributed by atoms with Crippen LogP contribution in [-0.2, 0) is 16.1 Å². The lowest BCUT2D eigenvalue weighted by Crippen LogP contribution is -2.45. The first-order chi connectivity index (χ1) is 9.81. The van der Waals surface area contributed by atoms with Crippen LogP contribution < -0.4 is 16.4 Å². The molecule has 2 amide bonds. The molecule has 4 N–H and O–H groups in total. The van der Waals surface area contributed by atoms with E-state index in [-0.39, 0.29) is 30.8 Å². The molecule has 0 aliphatic heterocycles. The smallest absolute Gasteiger partial charge is 0.243 e. The second-order valence-corrected chi connectivity index (χ2v) is 5.57. The lowest BCUT2D eigenvalue weighted by atomic mass is 10.1. The van der Waals surface area contributed by atoms with Gasteiger partial charge in [0.15, 0.2) is 0 Å². The second kappa shape index (κ2) is 6.81. The molecule has 6 nitrogen and oxygen atoms in total. The maximum Gasteiger partial charge on any atom is 0.243 e. The monoisotopic (exact) mass is 324 g/mol. The summed E-state index contributed by atoms with van der Waals surface area (Å²) in [5.74, 6) is -0.337. The van der Waals surface area contributed by atoms with Crippen molar-refractivity contribution in [2.45, 2.75) is 25.9 Å². The van der Waals surface area contributed by atoms with E-state index in [4.69, 9.17) is 5.73 Å². The fourth-order valence-corrected chi connectivity index (χ4v) is 1.93. The van der Waals surface area contributed by atoms with Gasteiger partial charge in [0, 0.05) is 18.9 Å². The third kappa shape index (κ3) is 3.99. The van der Waals surface area contributed by atoms with Crippen LogP contribution in [0.4, 0.5) is 5.69 Å². The molecule has 0 aliphatic rings. The molecule has 0 unspecified atom stereocenters. The summed E-state index contributed by atoms with van der Waals surface area (Å²) >= 11 is 0. The number of halogens is 1. The molecular weight excluding hydrogens is 304 g/mol. The third-order valence-electron chi connectivity index (χ3n) is 3.21. The SMILES string of the molecule is CNC(=O)Cn1ccc2ccc(NC(=O)C(C)(C)N)cc21.Cl. The molecule has 2 rings (SSSR count). The zero-order valence-electron chi connectivity index (χ0n) is 12.8. The van der Waals surface area contributed by atoms with Gasteiger partial charge in [0.05, 0.1) is 11.1 Å². The van der Waals surface area contributed by atoms with Gasteiger partial charge in [-0.05, 0) is 37.4 Å². The highest BCUT2D eigenvalue weighted by Crippen LogP contribution is 2.21. The van der Waals surface area contributed by atoms with Crippen molar-refractivity contribution in [3.05, 3.63) is 30.5 Å². The van der Waals surface area contributed by atoms with Crippen LogP contribution in [0.2, 0.25) is 0 Å². The average Bonchev–Trinajstić information content (AvgIpc) is 2.80. The van der Waals surface area contributed by atoms with E-state index in [2.05, 4.69) is 10.6 Å². The Morgan fingerprint density at radius 3 is 2.55 bits per heavy atom. The zero-order chi connectivity index (χ0) is 15.6. The lowest BCUT2D eigenvalue weighted by Gasteiger charge is -2.18. The largest absolute Gasteiger partial charge is 0.358 e. The van der Waals surface area contributed by atoms with Crippen molar-refractivity contribution in [3.63, 3.8) is 0 Å². The number of likely N-dealkylation sites (N-methyl/N-ethyl adjacent to an activating group) is 1. The zero-order valence-corrected chi connectivity index (χ0v) is 13.7. The molecule has 22 heavy (non-hydrogen) atoms. The molecule has 7 heteroatoms. The number of carbonyl (C=O) groups excluding carboxylic acids is 2. The summed E-state index contributed by atoms with van der Waals surface area (Å²) < 4.78 is 1.83. The molecule has 0 aliphatic carbocycles. The fourth-order valence-electron chi connectivity index (χ4n) is 1.93. The van der Waals surface area contributed by atoms with Crippen molar-refractivity contribution in [1.82, 2.24) is 9.88 Å². The Morgan fingerprint density at radius 1 is 1.27 bits per heavy atom. The molecule has 120 valence electrons. The van der Waals surface area contributed by atoms with E-state index in [0.717, 1.165) is 10.9 Å². The minimum atomic E-state index is -0.945. The Morgan fingerprint density at radius 2 is 1.95 bits per heavy atom. The van der Waals surface area contributed by atoms with Gasteiger partial charge in [-0.2, -0.15) is 0 Å². The van der Waals surface area contributed by atoms with Crippen molar-refractivity contribution in [3.8, 4) is 0 Å². The molecule has 1 heterocycles. The summed E-state index contributed by atoms with van der Waals surface area (Å²) in [6.45, 7) is 3.53. The number of hydrogen-bond donors (Lipinski definition) is 3. The fraction of sp³-hybridized carbons (Fsp3) is 0.333. The summed E-state index contributed by atoms with van der Waals surface area (Å²) in [6.07, 6.45) is 1.85. The third-order valence-corrected chi connectivity index (χ3v) is 3.21. The van der Waals surface area contributed by atoms with Gasteiger partial charge in [0.2, 0.25) is 11.8 Å². The number of hydrogen-bond acceptors (Lipinski definition) is 3. The molecule has 2 aromatic rings. The molecule has 0 radical (unpaired) electrons. The number of amides is 2. The summed E-state index contributed by atoms with van der Waals surface area (Å²) in [6, 6.07) is 7.48. The van der Waals surface area contributed by atoms with Crippen LogP contribution in [0, 0.1) is 0 Å². The molecule has 0 fully saturated rings. The average molecular weight is 325 g/mol. The van der Waals surface area contributed by atoms with E-state index < -0.39 is 5.54 Å². The number of nitrogens with zero attached hydrogens (tertiary/aromatic N) is 1. The van der Waals surface area contributed by atoms with Gasteiger partial charge in [0.25, 0.3) is 0 Å². The van der Waals surface area contributed by atoms with Crippen molar-refractivity contribution >= 4 is 40.8 Å². The summed E-state index contributed by atoms with van der Waals surface area (Å²) in [5, 5.41) is 6.37. The Kier molecular flexibility index (Phi) is 5.57. The van der Waals surface area contributed by atoms with Gasteiger partial charge in [-0.15, -0.1) is 12.4 Å². The first kappa shape index (κ1) is 18.0. The van der Waals surface area contributed by atoms with Crippen LogP contribution in [0.3, 0.4) is 0 Å². The number of carbonyl (C=O) groups is 2. The molecule has 1 aromatic carbocycles. The quantitative estimate of drug-likeness (QED) is 0.796. The number of nitrogens with two attached hydrogens (primary N) is 1. The van der Waals surface area contributed by atoms with E-state index in [0.29, 0.717) is 5.69 Å². The minimum absolute atomic E-state index is 0. The summed E-state index contributed by atoms with van der Waals surface area (Å²) in [4.78, 5) is 23.4. The Balaban J connectivity index is 0.00000242. The van der Waals surface area contributed by atoms with E-state index in [1.807, 2.05) is 35.0 Å². The standard InChI is InChI=1S/C15H20N4O2.ClH/c1-15(2,16)14(21)18-11-5-4-10-6-7-19(12(10)8-11)9-13(20)17-3;/h4-8H,9,16H2,1-3H3,(H,17,20)(H,18,21);1H. The predicted molar refractivity (Wildman–Crippen MR) is 90.1 cm³/mol. The summed E-state index contributed by atoms with van der Waals surface area (Å²) in [5.41, 5.74) is 6.35. The van der Waals surface area contributed by atoms with E-state index in [1.54, 1.807) is 20.9 Å². The number of nitrogens with one attached hydrogen (secondary N) is 2. The summed E-state index contributed by atoms with van der Waals surface area (Å²) in [7, 11) is 1.60. The molecule has 0 atom stereocenters. The topological polar surface area (TPSA) is 89.2 Å². The first-order valence-corrected chi connectivity index (χ1v) is 6.71. The van der Waals surface area contributed by atoms with Gasteiger partial charge in [-0.3, -0.25) is 9.59 Å². The van der Waals surface area contributed by atoms with Crippen LogP contribution in [0.15, 0.2) is 30.5 Å².